The summed E-state index contributed by atoms with van der Waals surface area (Å²) in [5.41, 5.74) is 2.36. The second kappa shape index (κ2) is 7.94. The summed E-state index contributed by atoms with van der Waals surface area (Å²) in [6.45, 7) is 5.35. The molecule has 3 rings (SSSR count). The van der Waals surface area contributed by atoms with Crippen LogP contribution in [0.5, 0.6) is 0 Å². The third-order valence-electron chi connectivity index (χ3n) is 4.44. The van der Waals surface area contributed by atoms with Crippen molar-refractivity contribution in [1.29, 1.82) is 0 Å². The van der Waals surface area contributed by atoms with E-state index in [0.29, 0.717) is 17.8 Å². The molecule has 1 amide bonds. The minimum absolute atomic E-state index is 0.0487. The van der Waals surface area contributed by atoms with Crippen LogP contribution in [0.25, 0.3) is 0 Å². The number of carbonyl (C=O) groups excluding carboxylic acids is 2. The Morgan fingerprint density at radius 2 is 1.56 bits per heavy atom. The fourth-order valence-corrected chi connectivity index (χ4v) is 3.09. The Morgan fingerprint density at radius 3 is 2.24 bits per heavy atom. The number of nitrogens with one attached hydrogen (secondary N) is 1. The number of carbonyl (C=O) groups is 2. The summed E-state index contributed by atoms with van der Waals surface area (Å²) in [5.74, 6) is -0.130. The van der Waals surface area contributed by atoms with Crippen LogP contribution in [0, 0.1) is 0 Å². The molecular formula is C20H23N3O2. The number of anilines is 2. The zero-order valence-electron chi connectivity index (χ0n) is 14.4. The average molecular weight is 337 g/mol. The van der Waals surface area contributed by atoms with E-state index >= 15 is 0 Å². The normalized spacial score (nSPS) is 15.0. The molecule has 0 saturated carbocycles. The molecule has 0 aliphatic carbocycles. The predicted octanol–water partition coefficient (Wildman–Crippen LogP) is 2.65. The first kappa shape index (κ1) is 17.2. The third-order valence-corrected chi connectivity index (χ3v) is 4.44. The lowest BCUT2D eigenvalue weighted by Crippen LogP contribution is -2.48. The minimum atomic E-state index is -0.0816. The Bertz CT molecular complexity index is 738. The quantitative estimate of drug-likeness (QED) is 0.852. The lowest BCUT2D eigenvalue weighted by Gasteiger charge is -2.35. The van der Waals surface area contributed by atoms with Gasteiger partial charge >= 0.3 is 0 Å². The van der Waals surface area contributed by atoms with Crippen molar-refractivity contribution < 1.29 is 9.59 Å². The lowest BCUT2D eigenvalue weighted by molar-refractivity contribution is -0.117. The molecule has 0 unspecified atom stereocenters. The summed E-state index contributed by atoms with van der Waals surface area (Å²) in [6.07, 6.45) is 0. The van der Waals surface area contributed by atoms with E-state index in [2.05, 4.69) is 27.2 Å². The van der Waals surface area contributed by atoms with Gasteiger partial charge in [0.1, 0.15) is 0 Å². The number of nitrogens with zero attached hydrogens (tertiary/aromatic N) is 2. The van der Waals surface area contributed by atoms with Crippen molar-refractivity contribution in [2.45, 2.75) is 6.92 Å². The van der Waals surface area contributed by atoms with Crippen LogP contribution in [0.3, 0.4) is 0 Å². The maximum Gasteiger partial charge on any atom is 0.238 e. The van der Waals surface area contributed by atoms with Gasteiger partial charge in [-0.1, -0.05) is 30.3 Å². The monoisotopic (exact) mass is 337 g/mol. The fraction of sp³-hybridized carbons (Fsp3) is 0.300. The molecule has 130 valence electrons. The Hall–Kier alpha value is -2.66. The van der Waals surface area contributed by atoms with Gasteiger partial charge in [0.2, 0.25) is 5.91 Å². The molecule has 1 aliphatic rings. The van der Waals surface area contributed by atoms with Gasteiger partial charge < -0.3 is 10.2 Å². The van der Waals surface area contributed by atoms with E-state index in [0.717, 1.165) is 26.2 Å². The molecule has 2 aromatic rings. The number of benzene rings is 2. The smallest absolute Gasteiger partial charge is 0.238 e. The molecule has 1 N–H and O–H groups in total. The van der Waals surface area contributed by atoms with Gasteiger partial charge in [-0.3, -0.25) is 14.5 Å². The van der Waals surface area contributed by atoms with Gasteiger partial charge in [-0.05, 0) is 31.2 Å². The molecule has 1 heterocycles. The standard InChI is InChI=1S/C20H23N3O2/c1-16(24)18-9-5-6-10-19(18)21-20(25)15-22-11-13-23(14-12-22)17-7-3-2-4-8-17/h2-10H,11-15H2,1H3,(H,21,25). The third kappa shape index (κ3) is 4.45. The van der Waals surface area contributed by atoms with Gasteiger partial charge in [0.15, 0.2) is 5.78 Å². The van der Waals surface area contributed by atoms with E-state index < -0.39 is 0 Å². The van der Waals surface area contributed by atoms with Crippen LogP contribution in [0.2, 0.25) is 0 Å². The first-order valence-corrected chi connectivity index (χ1v) is 8.55. The number of amides is 1. The van der Waals surface area contributed by atoms with Crippen molar-refractivity contribution in [3.63, 3.8) is 0 Å². The van der Waals surface area contributed by atoms with Crippen molar-refractivity contribution in [2.24, 2.45) is 0 Å². The van der Waals surface area contributed by atoms with Crippen LogP contribution < -0.4 is 10.2 Å². The van der Waals surface area contributed by atoms with E-state index in [1.54, 1.807) is 18.2 Å². The van der Waals surface area contributed by atoms with E-state index in [1.165, 1.54) is 12.6 Å². The SMILES string of the molecule is CC(=O)c1ccccc1NC(=O)CN1CCN(c2ccccc2)CC1. The maximum atomic E-state index is 12.3. The van der Waals surface area contributed by atoms with Crippen LogP contribution in [0.4, 0.5) is 11.4 Å². The summed E-state index contributed by atoms with van der Waals surface area (Å²) >= 11 is 0. The van der Waals surface area contributed by atoms with E-state index in [-0.39, 0.29) is 11.7 Å². The lowest BCUT2D eigenvalue weighted by atomic mass is 10.1. The number of hydrogen-bond donors (Lipinski definition) is 1. The summed E-state index contributed by atoms with van der Waals surface area (Å²) in [4.78, 5) is 28.4. The highest BCUT2D eigenvalue weighted by Crippen LogP contribution is 2.17. The van der Waals surface area contributed by atoms with Crippen LogP contribution in [-0.4, -0.2) is 49.3 Å². The number of rotatable bonds is 5. The molecule has 5 heteroatoms. The molecule has 0 radical (unpaired) electrons. The zero-order chi connectivity index (χ0) is 17.6. The molecular weight excluding hydrogens is 314 g/mol. The van der Waals surface area contributed by atoms with Crippen LogP contribution in [0.1, 0.15) is 17.3 Å². The van der Waals surface area contributed by atoms with Crippen molar-refractivity contribution in [2.75, 3.05) is 42.9 Å². The number of Topliss-reactive ketones (excluding diaryl/α,β-unsaturated/α-hetero) is 1. The van der Waals surface area contributed by atoms with Gasteiger partial charge in [0, 0.05) is 37.4 Å². The fourth-order valence-electron chi connectivity index (χ4n) is 3.09. The Kier molecular flexibility index (Phi) is 5.46. The Morgan fingerprint density at radius 1 is 0.920 bits per heavy atom. The molecule has 1 aliphatic heterocycles. The second-order valence-electron chi connectivity index (χ2n) is 6.25. The molecule has 0 spiro atoms. The van der Waals surface area contributed by atoms with Crippen molar-refractivity contribution in [3.05, 3.63) is 60.2 Å². The summed E-state index contributed by atoms with van der Waals surface area (Å²) in [6, 6.07) is 17.4. The van der Waals surface area contributed by atoms with Crippen LogP contribution in [-0.2, 0) is 4.79 Å². The van der Waals surface area contributed by atoms with E-state index in [4.69, 9.17) is 0 Å². The molecule has 1 saturated heterocycles. The van der Waals surface area contributed by atoms with Gasteiger partial charge in [-0.25, -0.2) is 0 Å². The molecule has 0 aromatic heterocycles. The number of ketones is 1. The highest BCUT2D eigenvalue weighted by Gasteiger charge is 2.19. The van der Waals surface area contributed by atoms with Crippen molar-refractivity contribution >= 4 is 23.1 Å². The summed E-state index contributed by atoms with van der Waals surface area (Å²) in [5, 5.41) is 2.87. The van der Waals surface area contributed by atoms with Gasteiger partial charge in [-0.2, -0.15) is 0 Å². The highest BCUT2D eigenvalue weighted by atomic mass is 16.2. The topological polar surface area (TPSA) is 52.7 Å². The largest absolute Gasteiger partial charge is 0.369 e. The molecule has 0 atom stereocenters. The molecule has 1 fully saturated rings. The summed E-state index contributed by atoms with van der Waals surface area (Å²) < 4.78 is 0. The minimum Gasteiger partial charge on any atom is -0.369 e. The molecule has 25 heavy (non-hydrogen) atoms. The number of para-hydroxylation sites is 2. The molecule has 2 aromatic carbocycles. The van der Waals surface area contributed by atoms with Crippen molar-refractivity contribution in [3.8, 4) is 0 Å². The van der Waals surface area contributed by atoms with Crippen LogP contribution in [0.15, 0.2) is 54.6 Å². The Balaban J connectivity index is 1.52. The molecule has 5 nitrogen and oxygen atoms in total. The van der Waals surface area contributed by atoms with Gasteiger partial charge in [0.25, 0.3) is 0 Å². The predicted molar refractivity (Wildman–Crippen MR) is 100 cm³/mol. The van der Waals surface area contributed by atoms with Gasteiger partial charge in [0.05, 0.1) is 12.2 Å². The maximum absolute atomic E-state index is 12.3. The average Bonchev–Trinajstić information content (AvgIpc) is 2.63. The van der Waals surface area contributed by atoms with Gasteiger partial charge in [-0.15, -0.1) is 0 Å². The first-order valence-electron chi connectivity index (χ1n) is 8.55. The van der Waals surface area contributed by atoms with Crippen LogP contribution >= 0.6 is 0 Å². The van der Waals surface area contributed by atoms with Crippen molar-refractivity contribution in [1.82, 2.24) is 4.90 Å². The van der Waals surface area contributed by atoms with E-state index in [1.807, 2.05) is 24.3 Å². The first-order chi connectivity index (χ1) is 12.1. The Labute approximate surface area is 148 Å². The highest BCUT2D eigenvalue weighted by molar-refractivity contribution is 6.04. The second-order valence-corrected chi connectivity index (χ2v) is 6.25. The molecule has 0 bridgehead atoms. The van der Waals surface area contributed by atoms with E-state index in [9.17, 15) is 9.59 Å². The summed E-state index contributed by atoms with van der Waals surface area (Å²) in [7, 11) is 0. The number of piperazine rings is 1. The number of hydrogen-bond acceptors (Lipinski definition) is 4. The zero-order valence-corrected chi connectivity index (χ0v) is 14.4.